The van der Waals surface area contributed by atoms with Crippen molar-refractivity contribution in [1.29, 1.82) is 0 Å². The normalized spacial score (nSPS) is 12.1. The van der Waals surface area contributed by atoms with E-state index >= 15 is 0 Å². The summed E-state index contributed by atoms with van der Waals surface area (Å²) in [5, 5.41) is 0. The van der Waals surface area contributed by atoms with Gasteiger partial charge in [0.1, 0.15) is 13.2 Å². The van der Waals surface area contributed by atoms with E-state index in [0.717, 1.165) is 70.6 Å². The average Bonchev–Trinajstić information content (AvgIpc) is 3.44. The summed E-state index contributed by atoms with van der Waals surface area (Å²) in [4.78, 5) is 38.3. The topological polar surface area (TPSA) is 78.9 Å². The number of ether oxygens (including phenoxy) is 3. The summed E-state index contributed by atoms with van der Waals surface area (Å²) < 4.78 is 16.9. The third kappa shape index (κ3) is 64.7. The summed E-state index contributed by atoms with van der Waals surface area (Å²) in [6.45, 7) is 6.68. The number of esters is 3. The van der Waals surface area contributed by atoms with Crippen LogP contribution in [0.2, 0.25) is 0 Å². The zero-order valence-electron chi connectivity index (χ0n) is 53.0. The predicted molar refractivity (Wildman–Crippen MR) is 340 cm³/mol. The fraction of sp³-hybridized carbons (Fsp3) is 0.903. The van der Waals surface area contributed by atoms with Gasteiger partial charge in [-0.25, -0.2) is 0 Å². The Morgan fingerprint density at radius 1 is 0.256 bits per heavy atom. The van der Waals surface area contributed by atoms with Gasteiger partial charge in [-0.2, -0.15) is 0 Å². The molecule has 0 aliphatic carbocycles. The molecule has 0 aromatic heterocycles. The highest BCUT2D eigenvalue weighted by Gasteiger charge is 2.19. The van der Waals surface area contributed by atoms with Crippen LogP contribution in [-0.4, -0.2) is 37.2 Å². The lowest BCUT2D eigenvalue weighted by Crippen LogP contribution is -2.30. The molecule has 1 atom stereocenters. The van der Waals surface area contributed by atoms with Gasteiger partial charge < -0.3 is 14.2 Å². The predicted octanol–water partition coefficient (Wildman–Crippen LogP) is 24.2. The molecule has 78 heavy (non-hydrogen) atoms. The number of hydrogen-bond donors (Lipinski definition) is 0. The smallest absolute Gasteiger partial charge is 0.306 e. The van der Waals surface area contributed by atoms with E-state index in [4.69, 9.17) is 14.2 Å². The van der Waals surface area contributed by atoms with Crippen molar-refractivity contribution in [3.05, 3.63) is 24.3 Å². The number of unbranched alkanes of at least 4 members (excludes halogenated alkanes) is 51. The molecular formula is C72H136O6. The van der Waals surface area contributed by atoms with Crippen LogP contribution in [0.15, 0.2) is 24.3 Å². The second-order valence-electron chi connectivity index (χ2n) is 24.2. The lowest BCUT2D eigenvalue weighted by molar-refractivity contribution is -0.167. The highest BCUT2D eigenvalue weighted by molar-refractivity contribution is 5.71. The molecular weight excluding hydrogens is 961 g/mol. The van der Waals surface area contributed by atoms with Crippen molar-refractivity contribution < 1.29 is 28.6 Å². The highest BCUT2D eigenvalue weighted by Crippen LogP contribution is 2.19. The van der Waals surface area contributed by atoms with Gasteiger partial charge in [0.05, 0.1) is 0 Å². The molecule has 0 heterocycles. The quantitative estimate of drug-likeness (QED) is 0.0261. The van der Waals surface area contributed by atoms with Crippen LogP contribution in [0.3, 0.4) is 0 Å². The molecule has 0 saturated carbocycles. The minimum Gasteiger partial charge on any atom is -0.462 e. The highest BCUT2D eigenvalue weighted by atomic mass is 16.6. The van der Waals surface area contributed by atoms with Gasteiger partial charge in [0.2, 0.25) is 0 Å². The van der Waals surface area contributed by atoms with Crippen molar-refractivity contribution in [2.75, 3.05) is 13.2 Å². The first kappa shape index (κ1) is 75.9. The van der Waals surface area contributed by atoms with Crippen LogP contribution in [0.4, 0.5) is 0 Å². The molecule has 0 bridgehead atoms. The van der Waals surface area contributed by atoms with Crippen LogP contribution in [0.25, 0.3) is 0 Å². The molecule has 460 valence electrons. The second kappa shape index (κ2) is 67.4. The first-order valence-corrected chi connectivity index (χ1v) is 35.3. The molecule has 0 rings (SSSR count). The SMILES string of the molecule is CCCCCC/C=C\C/C=C\CCCCCCCCCC(=O)OC(COC(=O)CCCCCCCCCCCCC)COC(=O)CCCCCCCCCCCCCCCCCCCCCCCCCCCCCCCCC. The van der Waals surface area contributed by atoms with Crippen LogP contribution < -0.4 is 0 Å². The van der Waals surface area contributed by atoms with E-state index in [0.29, 0.717) is 19.3 Å². The first-order valence-electron chi connectivity index (χ1n) is 35.3. The van der Waals surface area contributed by atoms with E-state index in [2.05, 4.69) is 45.1 Å². The molecule has 0 amide bonds. The molecule has 0 aliphatic rings. The Labute approximate surface area is 487 Å². The average molecular weight is 1100 g/mol. The summed E-state index contributed by atoms with van der Waals surface area (Å²) in [5.74, 6) is -0.849. The third-order valence-electron chi connectivity index (χ3n) is 16.2. The molecule has 0 N–H and O–H groups in total. The number of carbonyl (C=O) groups excluding carboxylic acids is 3. The van der Waals surface area contributed by atoms with Crippen LogP contribution in [0.1, 0.15) is 400 Å². The Morgan fingerprint density at radius 2 is 0.462 bits per heavy atom. The van der Waals surface area contributed by atoms with Gasteiger partial charge in [0.25, 0.3) is 0 Å². The largest absolute Gasteiger partial charge is 0.462 e. The number of rotatable bonds is 66. The maximum Gasteiger partial charge on any atom is 0.306 e. The van der Waals surface area contributed by atoms with Gasteiger partial charge in [-0.3, -0.25) is 14.4 Å². The molecule has 0 radical (unpaired) electrons. The van der Waals surface area contributed by atoms with E-state index in [1.165, 1.54) is 289 Å². The Bertz CT molecular complexity index is 1260. The number of allylic oxidation sites excluding steroid dienone is 4. The van der Waals surface area contributed by atoms with E-state index in [9.17, 15) is 14.4 Å². The van der Waals surface area contributed by atoms with Gasteiger partial charge in [-0.05, 0) is 51.4 Å². The zero-order valence-corrected chi connectivity index (χ0v) is 53.0. The molecule has 0 aliphatic heterocycles. The van der Waals surface area contributed by atoms with Crippen molar-refractivity contribution in [2.45, 2.75) is 406 Å². The van der Waals surface area contributed by atoms with E-state index in [1.54, 1.807) is 0 Å². The van der Waals surface area contributed by atoms with E-state index < -0.39 is 6.10 Å². The summed E-state index contributed by atoms with van der Waals surface area (Å²) in [7, 11) is 0. The number of carbonyl (C=O) groups is 3. The molecule has 0 saturated heterocycles. The number of hydrogen-bond acceptors (Lipinski definition) is 6. The summed E-state index contributed by atoms with van der Waals surface area (Å²) in [6.07, 6.45) is 82.3. The summed E-state index contributed by atoms with van der Waals surface area (Å²) in [6, 6.07) is 0. The molecule has 0 aromatic rings. The van der Waals surface area contributed by atoms with Crippen molar-refractivity contribution in [3.63, 3.8) is 0 Å². The molecule has 1 unspecified atom stereocenters. The van der Waals surface area contributed by atoms with Gasteiger partial charge in [-0.15, -0.1) is 0 Å². The standard InChI is InChI=1S/C72H136O6/c1-4-7-10-13-16-19-22-24-26-28-30-31-32-33-34-35-36-37-38-39-40-41-42-44-45-47-50-53-56-59-62-65-71(74)77-68-69(67-76-70(73)64-61-58-55-52-49-21-18-15-12-9-6-3)78-72(75)66-63-60-57-54-51-48-46-43-29-27-25-23-20-17-14-11-8-5-2/h20,23,27,29,69H,4-19,21-22,24-26,28,30-68H2,1-3H3/b23-20-,29-27-. The van der Waals surface area contributed by atoms with Gasteiger partial charge >= 0.3 is 17.9 Å². The minimum absolute atomic E-state index is 0.0685. The molecule has 6 heteroatoms. The van der Waals surface area contributed by atoms with Crippen LogP contribution in [0.5, 0.6) is 0 Å². The lowest BCUT2D eigenvalue weighted by atomic mass is 10.0. The van der Waals surface area contributed by atoms with Gasteiger partial charge in [0, 0.05) is 19.3 Å². The van der Waals surface area contributed by atoms with Gasteiger partial charge in [-0.1, -0.05) is 353 Å². The van der Waals surface area contributed by atoms with Crippen molar-refractivity contribution in [2.24, 2.45) is 0 Å². The minimum atomic E-state index is -0.772. The maximum absolute atomic E-state index is 12.9. The fourth-order valence-corrected chi connectivity index (χ4v) is 10.9. The Balaban J connectivity index is 4.09. The fourth-order valence-electron chi connectivity index (χ4n) is 10.9. The summed E-state index contributed by atoms with van der Waals surface area (Å²) in [5.41, 5.74) is 0. The third-order valence-corrected chi connectivity index (χ3v) is 16.2. The Morgan fingerprint density at radius 3 is 0.718 bits per heavy atom. The van der Waals surface area contributed by atoms with Crippen molar-refractivity contribution >= 4 is 17.9 Å². The molecule has 0 spiro atoms. The van der Waals surface area contributed by atoms with Crippen molar-refractivity contribution in [3.8, 4) is 0 Å². The first-order chi connectivity index (χ1) is 38.5. The van der Waals surface area contributed by atoms with Crippen LogP contribution in [-0.2, 0) is 28.6 Å². The molecule has 0 aromatic carbocycles. The Kier molecular flexibility index (Phi) is 65.6. The zero-order chi connectivity index (χ0) is 56.4. The lowest BCUT2D eigenvalue weighted by Gasteiger charge is -2.18. The van der Waals surface area contributed by atoms with Crippen molar-refractivity contribution in [1.82, 2.24) is 0 Å². The van der Waals surface area contributed by atoms with Crippen LogP contribution in [0, 0.1) is 0 Å². The van der Waals surface area contributed by atoms with E-state index in [-0.39, 0.29) is 31.1 Å². The van der Waals surface area contributed by atoms with Gasteiger partial charge in [0.15, 0.2) is 6.10 Å². The summed E-state index contributed by atoms with van der Waals surface area (Å²) >= 11 is 0. The Hall–Kier alpha value is -2.11. The molecule has 0 fully saturated rings. The second-order valence-corrected chi connectivity index (χ2v) is 24.2. The monoisotopic (exact) mass is 1100 g/mol. The maximum atomic E-state index is 12.9. The van der Waals surface area contributed by atoms with Crippen LogP contribution >= 0.6 is 0 Å². The molecule has 6 nitrogen and oxygen atoms in total. The van der Waals surface area contributed by atoms with E-state index in [1.807, 2.05) is 0 Å².